The molecule has 0 saturated heterocycles. The van der Waals surface area contributed by atoms with Gasteiger partial charge < -0.3 is 4.42 Å². The second kappa shape index (κ2) is 2.42. The molecule has 0 atom stereocenters. The Labute approximate surface area is 65.6 Å². The fraction of sp³-hybridized carbons (Fsp3) is 0.200. The third-order valence-electron chi connectivity index (χ3n) is 1.92. The molecule has 1 radical (unpaired) electrons. The number of hydrogen-bond acceptors (Lipinski definition) is 1. The maximum Gasteiger partial charge on any atom is 0.177 e. The van der Waals surface area contributed by atoms with Gasteiger partial charge in [-0.25, -0.2) is 0 Å². The Hall–Kier alpha value is -1.24. The van der Waals surface area contributed by atoms with E-state index in [-0.39, 0.29) is 0 Å². The van der Waals surface area contributed by atoms with Crippen molar-refractivity contribution in [1.29, 1.82) is 0 Å². The molecule has 2 rings (SSSR count). The van der Waals surface area contributed by atoms with Crippen molar-refractivity contribution in [2.75, 3.05) is 0 Å². The van der Waals surface area contributed by atoms with E-state index >= 15 is 0 Å². The van der Waals surface area contributed by atoms with Crippen LogP contribution in [0.15, 0.2) is 28.9 Å². The Morgan fingerprint density at radius 1 is 1.45 bits per heavy atom. The molecule has 0 spiro atoms. The molecule has 0 bridgehead atoms. The summed E-state index contributed by atoms with van der Waals surface area (Å²) in [5.41, 5.74) is 1.33. The highest BCUT2D eigenvalue weighted by Crippen LogP contribution is 2.19. The summed E-state index contributed by atoms with van der Waals surface area (Å²) >= 11 is 0. The van der Waals surface area contributed by atoms with Crippen LogP contribution in [0.2, 0.25) is 0 Å². The number of furan rings is 1. The van der Waals surface area contributed by atoms with Crippen molar-refractivity contribution in [3.8, 4) is 0 Å². The van der Waals surface area contributed by atoms with Gasteiger partial charge in [0.05, 0.1) is 6.26 Å². The van der Waals surface area contributed by atoms with Gasteiger partial charge in [0.1, 0.15) is 0 Å². The third kappa shape index (κ3) is 0.929. The summed E-state index contributed by atoms with van der Waals surface area (Å²) in [6.07, 6.45) is 5.62. The van der Waals surface area contributed by atoms with Crippen molar-refractivity contribution in [2.24, 2.45) is 0 Å². The number of fused-ring (bicyclic) bond motifs is 1. The van der Waals surface area contributed by atoms with E-state index < -0.39 is 0 Å². The van der Waals surface area contributed by atoms with Crippen LogP contribution >= 0.6 is 0 Å². The van der Waals surface area contributed by atoms with Crippen LogP contribution in [0.1, 0.15) is 12.5 Å². The Morgan fingerprint density at radius 2 is 2.36 bits per heavy atom. The lowest BCUT2D eigenvalue weighted by atomic mass is 10.1. The summed E-state index contributed by atoms with van der Waals surface area (Å²) in [6.45, 7) is 2.14. The molecule has 2 aromatic rings. The molecule has 1 aromatic carbocycles. The van der Waals surface area contributed by atoms with E-state index in [1.165, 1.54) is 10.9 Å². The van der Waals surface area contributed by atoms with Crippen LogP contribution in [0.4, 0.5) is 0 Å². The first kappa shape index (κ1) is 6.47. The lowest BCUT2D eigenvalue weighted by Crippen LogP contribution is -1.78. The van der Waals surface area contributed by atoms with Gasteiger partial charge >= 0.3 is 0 Å². The summed E-state index contributed by atoms with van der Waals surface area (Å²) in [7, 11) is 0. The van der Waals surface area contributed by atoms with Gasteiger partial charge in [0.2, 0.25) is 0 Å². The van der Waals surface area contributed by atoms with Crippen LogP contribution in [-0.2, 0) is 6.42 Å². The molecule has 11 heavy (non-hydrogen) atoms. The highest BCUT2D eigenvalue weighted by Gasteiger charge is 1.99. The van der Waals surface area contributed by atoms with Crippen LogP contribution in [0, 0.1) is 6.26 Å². The van der Waals surface area contributed by atoms with Crippen LogP contribution in [0.3, 0.4) is 0 Å². The molecule has 1 heteroatoms. The van der Waals surface area contributed by atoms with E-state index in [1.54, 1.807) is 6.26 Å². The second-order valence-corrected chi connectivity index (χ2v) is 2.57. The van der Waals surface area contributed by atoms with Gasteiger partial charge in [-0.3, -0.25) is 0 Å². The number of aryl methyl sites for hydroxylation is 1. The van der Waals surface area contributed by atoms with Gasteiger partial charge in [-0.05, 0) is 12.0 Å². The minimum absolute atomic E-state index is 1.05. The van der Waals surface area contributed by atoms with Crippen molar-refractivity contribution >= 4 is 10.8 Å². The van der Waals surface area contributed by atoms with Gasteiger partial charge in [-0.1, -0.05) is 25.1 Å². The zero-order chi connectivity index (χ0) is 7.68. The minimum atomic E-state index is 1.05. The van der Waals surface area contributed by atoms with Gasteiger partial charge in [-0.15, -0.1) is 0 Å². The van der Waals surface area contributed by atoms with Crippen LogP contribution in [0.25, 0.3) is 10.8 Å². The first-order valence-electron chi connectivity index (χ1n) is 3.78. The lowest BCUT2D eigenvalue weighted by Gasteiger charge is -1.95. The normalized spacial score (nSPS) is 10.6. The molecule has 0 amide bonds. The molecule has 0 unspecified atom stereocenters. The van der Waals surface area contributed by atoms with Crippen molar-refractivity contribution in [3.63, 3.8) is 0 Å². The van der Waals surface area contributed by atoms with E-state index in [0.717, 1.165) is 11.8 Å². The first-order chi connectivity index (χ1) is 5.42. The molecule has 0 aliphatic rings. The predicted molar refractivity (Wildman–Crippen MR) is 44.4 cm³/mol. The third-order valence-corrected chi connectivity index (χ3v) is 1.92. The first-order valence-corrected chi connectivity index (χ1v) is 3.78. The average molecular weight is 145 g/mol. The zero-order valence-corrected chi connectivity index (χ0v) is 6.42. The Balaban J connectivity index is 2.79. The standard InChI is InChI=1S/C10H9O/c1-2-8-4-3-5-9-6-11-7-10(8)9/h3-5,7H,2H2,1H3. The van der Waals surface area contributed by atoms with E-state index in [2.05, 4.69) is 19.3 Å². The van der Waals surface area contributed by atoms with Crippen LogP contribution in [0.5, 0.6) is 0 Å². The molecular formula is C10H9O. The molecule has 55 valence electrons. The van der Waals surface area contributed by atoms with E-state index in [0.29, 0.717) is 0 Å². The van der Waals surface area contributed by atoms with Crippen LogP contribution < -0.4 is 0 Å². The smallest absolute Gasteiger partial charge is 0.177 e. The molecule has 1 nitrogen and oxygen atoms in total. The minimum Gasteiger partial charge on any atom is -0.460 e. The van der Waals surface area contributed by atoms with Crippen molar-refractivity contribution in [3.05, 3.63) is 36.3 Å². The molecule has 0 aliphatic carbocycles. The van der Waals surface area contributed by atoms with E-state index in [4.69, 9.17) is 4.42 Å². The fourth-order valence-corrected chi connectivity index (χ4v) is 1.30. The maximum absolute atomic E-state index is 4.98. The summed E-state index contributed by atoms with van der Waals surface area (Å²) in [6, 6.07) is 6.16. The molecule has 0 saturated carbocycles. The van der Waals surface area contributed by atoms with Crippen molar-refractivity contribution in [2.45, 2.75) is 13.3 Å². The SMILES string of the molecule is CCc1cccc2[c]occ12. The average Bonchev–Trinajstić information content (AvgIpc) is 2.50. The van der Waals surface area contributed by atoms with Gasteiger partial charge in [-0.2, -0.15) is 0 Å². The largest absolute Gasteiger partial charge is 0.460 e. The summed E-state index contributed by atoms with van der Waals surface area (Å²) < 4.78 is 4.98. The molecule has 1 aromatic heterocycles. The fourth-order valence-electron chi connectivity index (χ4n) is 1.30. The van der Waals surface area contributed by atoms with Gasteiger partial charge in [0.15, 0.2) is 6.26 Å². The highest BCUT2D eigenvalue weighted by molar-refractivity contribution is 5.83. The molecule has 0 aliphatic heterocycles. The zero-order valence-electron chi connectivity index (χ0n) is 6.42. The highest BCUT2D eigenvalue weighted by atomic mass is 16.3. The Bertz CT molecular complexity index is 360. The Kier molecular flexibility index (Phi) is 1.42. The van der Waals surface area contributed by atoms with Gasteiger partial charge in [0.25, 0.3) is 0 Å². The number of hydrogen-bond donors (Lipinski definition) is 0. The maximum atomic E-state index is 4.98. The topological polar surface area (TPSA) is 13.1 Å². The molecule has 1 heterocycles. The molecule has 0 N–H and O–H groups in total. The summed E-state index contributed by atoms with van der Waals surface area (Å²) in [5.74, 6) is 0. The van der Waals surface area contributed by atoms with Crippen LogP contribution in [-0.4, -0.2) is 0 Å². The summed E-state index contributed by atoms with van der Waals surface area (Å²) in [4.78, 5) is 0. The predicted octanol–water partition coefficient (Wildman–Crippen LogP) is 2.80. The van der Waals surface area contributed by atoms with E-state index in [9.17, 15) is 0 Å². The number of rotatable bonds is 1. The molecule has 0 fully saturated rings. The lowest BCUT2D eigenvalue weighted by molar-refractivity contribution is 0.563. The van der Waals surface area contributed by atoms with Crippen molar-refractivity contribution in [1.82, 2.24) is 0 Å². The van der Waals surface area contributed by atoms with E-state index in [1.807, 2.05) is 12.1 Å². The van der Waals surface area contributed by atoms with Gasteiger partial charge in [0, 0.05) is 10.8 Å². The second-order valence-electron chi connectivity index (χ2n) is 2.57. The molecular weight excluding hydrogens is 136 g/mol. The summed E-state index contributed by atoms with van der Waals surface area (Å²) in [5, 5.41) is 2.26. The monoisotopic (exact) mass is 145 g/mol. The van der Waals surface area contributed by atoms with Crippen molar-refractivity contribution < 1.29 is 4.42 Å². The Morgan fingerprint density at radius 3 is 3.18 bits per heavy atom. The number of benzene rings is 1. The quantitative estimate of drug-likeness (QED) is 0.601.